The molecule has 7 atom stereocenters. The largest absolute Gasteiger partial charge is 0.459 e. The minimum absolute atomic E-state index is 0.119. The average Bonchev–Trinajstić information content (AvgIpc) is 2.81. The van der Waals surface area contributed by atoms with Crippen molar-refractivity contribution >= 4 is 11.9 Å². The molecule has 2 fully saturated rings. The first kappa shape index (κ1) is 19.4. The number of hydrogen-bond donors (Lipinski definition) is 2. The van der Waals surface area contributed by atoms with Crippen molar-refractivity contribution in [3.8, 4) is 5.75 Å². The number of aryl methyl sites for hydroxylation is 1. The molecule has 4 rings (SSSR count). The molecule has 3 aliphatic rings. The number of esters is 2. The van der Waals surface area contributed by atoms with Crippen LogP contribution in [0, 0.1) is 17.3 Å². The van der Waals surface area contributed by atoms with E-state index in [4.69, 9.17) is 9.47 Å². The standard InChI is InChI=1S/C22H28O6/c1-11(23)27-14-5-7-15-13(10-14)4-6-17-16(15)8-9-22(3)18(17)19(25)20(26)21(22)28-12(2)24/h5,7,10,16-21,25-26H,4,6,8-9H2,1-3H3/t16-,17-,18-,19-,20-,21-,22+/m1/s1. The number of aliphatic hydroxyl groups is 2. The second-order valence-corrected chi connectivity index (χ2v) is 8.84. The molecule has 0 bridgehead atoms. The van der Waals surface area contributed by atoms with Crippen LogP contribution in [0.4, 0.5) is 0 Å². The van der Waals surface area contributed by atoms with E-state index in [2.05, 4.69) is 0 Å². The Hall–Kier alpha value is -1.92. The summed E-state index contributed by atoms with van der Waals surface area (Å²) in [4.78, 5) is 22.8. The zero-order valence-corrected chi connectivity index (χ0v) is 16.6. The van der Waals surface area contributed by atoms with Crippen molar-refractivity contribution in [2.75, 3.05) is 0 Å². The van der Waals surface area contributed by atoms with Gasteiger partial charge in [0.25, 0.3) is 0 Å². The summed E-state index contributed by atoms with van der Waals surface area (Å²) in [5.74, 6) is 0.194. The van der Waals surface area contributed by atoms with E-state index < -0.39 is 29.7 Å². The number of hydrogen-bond acceptors (Lipinski definition) is 6. The normalized spacial score (nSPS) is 38.8. The highest BCUT2D eigenvalue weighted by Crippen LogP contribution is 2.61. The Morgan fingerprint density at radius 1 is 1.11 bits per heavy atom. The molecule has 2 saturated carbocycles. The number of carbonyl (C=O) groups is 2. The third-order valence-electron chi connectivity index (χ3n) is 7.23. The van der Waals surface area contributed by atoms with Crippen LogP contribution in [-0.2, 0) is 20.7 Å². The maximum absolute atomic E-state index is 11.6. The van der Waals surface area contributed by atoms with Crippen LogP contribution in [0.5, 0.6) is 5.75 Å². The molecule has 0 amide bonds. The molecule has 0 heterocycles. The first-order chi connectivity index (χ1) is 13.2. The highest BCUT2D eigenvalue weighted by molar-refractivity contribution is 5.69. The molecule has 28 heavy (non-hydrogen) atoms. The summed E-state index contributed by atoms with van der Waals surface area (Å²) < 4.78 is 10.7. The zero-order valence-electron chi connectivity index (χ0n) is 16.6. The van der Waals surface area contributed by atoms with E-state index in [1.54, 1.807) is 0 Å². The van der Waals surface area contributed by atoms with Crippen molar-refractivity contribution < 1.29 is 29.3 Å². The second kappa shape index (κ2) is 6.85. The summed E-state index contributed by atoms with van der Waals surface area (Å²) in [5, 5.41) is 21.5. The molecule has 6 heteroatoms. The Morgan fingerprint density at radius 3 is 2.54 bits per heavy atom. The van der Waals surface area contributed by atoms with E-state index in [1.807, 2.05) is 25.1 Å². The lowest BCUT2D eigenvalue weighted by molar-refractivity contribution is -0.161. The van der Waals surface area contributed by atoms with Crippen molar-refractivity contribution in [1.82, 2.24) is 0 Å². The SMILES string of the molecule is CC(=O)Oc1ccc2c(c1)CC[C@H]1[C@@H]3[C@@H](O)[C@@H](O)[C@@H](OC(C)=O)[C@@]3(C)CC[C@H]21. The van der Waals surface area contributed by atoms with E-state index >= 15 is 0 Å². The minimum Gasteiger partial charge on any atom is -0.459 e. The van der Waals surface area contributed by atoms with Crippen LogP contribution < -0.4 is 4.74 Å². The Morgan fingerprint density at radius 2 is 1.86 bits per heavy atom. The highest BCUT2D eigenvalue weighted by Gasteiger charge is 2.64. The summed E-state index contributed by atoms with van der Waals surface area (Å²) in [6.07, 6.45) is 0.787. The van der Waals surface area contributed by atoms with Crippen molar-refractivity contribution in [2.45, 2.75) is 70.7 Å². The van der Waals surface area contributed by atoms with Gasteiger partial charge in [-0.25, -0.2) is 0 Å². The molecule has 2 N–H and O–H groups in total. The van der Waals surface area contributed by atoms with Crippen LogP contribution in [0.3, 0.4) is 0 Å². The first-order valence-electron chi connectivity index (χ1n) is 10.1. The third kappa shape index (κ3) is 2.94. The van der Waals surface area contributed by atoms with Gasteiger partial charge in [-0.1, -0.05) is 13.0 Å². The number of benzene rings is 1. The molecule has 3 aliphatic carbocycles. The maximum Gasteiger partial charge on any atom is 0.308 e. The van der Waals surface area contributed by atoms with Gasteiger partial charge >= 0.3 is 11.9 Å². The van der Waals surface area contributed by atoms with Crippen LogP contribution in [0.1, 0.15) is 57.1 Å². The fraction of sp³-hybridized carbons (Fsp3) is 0.636. The lowest BCUT2D eigenvalue weighted by Crippen LogP contribution is -2.47. The molecular weight excluding hydrogens is 360 g/mol. The molecule has 0 spiro atoms. The minimum atomic E-state index is -1.05. The molecule has 0 aromatic heterocycles. The van der Waals surface area contributed by atoms with Gasteiger partial charge < -0.3 is 19.7 Å². The Labute approximate surface area is 164 Å². The summed E-state index contributed by atoms with van der Waals surface area (Å²) in [6.45, 7) is 4.78. The van der Waals surface area contributed by atoms with E-state index in [0.717, 1.165) is 25.7 Å². The lowest BCUT2D eigenvalue weighted by Gasteiger charge is -2.50. The molecular formula is C22H28O6. The monoisotopic (exact) mass is 388 g/mol. The molecule has 0 radical (unpaired) electrons. The average molecular weight is 388 g/mol. The number of carbonyl (C=O) groups excluding carboxylic acids is 2. The van der Waals surface area contributed by atoms with E-state index in [1.165, 1.54) is 25.0 Å². The van der Waals surface area contributed by atoms with Gasteiger partial charge in [0.15, 0.2) is 0 Å². The summed E-state index contributed by atoms with van der Waals surface area (Å²) in [5.41, 5.74) is 2.00. The van der Waals surface area contributed by atoms with Crippen molar-refractivity contribution in [2.24, 2.45) is 17.3 Å². The molecule has 0 saturated heterocycles. The molecule has 0 unspecified atom stereocenters. The first-order valence-corrected chi connectivity index (χ1v) is 10.1. The molecule has 1 aromatic carbocycles. The molecule has 1 aromatic rings. The fourth-order valence-corrected chi connectivity index (χ4v) is 6.21. The van der Waals surface area contributed by atoms with Gasteiger partial charge in [-0.2, -0.15) is 0 Å². The van der Waals surface area contributed by atoms with Crippen molar-refractivity contribution in [1.29, 1.82) is 0 Å². The summed E-state index contributed by atoms with van der Waals surface area (Å²) >= 11 is 0. The van der Waals surface area contributed by atoms with Gasteiger partial charge in [0.2, 0.25) is 0 Å². The topological polar surface area (TPSA) is 93.1 Å². The molecule has 152 valence electrons. The van der Waals surface area contributed by atoms with Crippen LogP contribution >= 0.6 is 0 Å². The number of rotatable bonds is 2. The maximum atomic E-state index is 11.6. The predicted octanol–water partition coefficient (Wildman–Crippen LogP) is 2.34. The van der Waals surface area contributed by atoms with E-state index in [-0.39, 0.29) is 23.7 Å². The summed E-state index contributed by atoms with van der Waals surface area (Å²) in [7, 11) is 0. The predicted molar refractivity (Wildman–Crippen MR) is 101 cm³/mol. The molecule has 0 aliphatic heterocycles. The smallest absolute Gasteiger partial charge is 0.308 e. The Bertz CT molecular complexity index is 804. The van der Waals surface area contributed by atoms with Gasteiger partial charge in [0, 0.05) is 19.3 Å². The van der Waals surface area contributed by atoms with Gasteiger partial charge in [-0.05, 0) is 66.7 Å². The van der Waals surface area contributed by atoms with Crippen LogP contribution in [0.2, 0.25) is 0 Å². The summed E-state index contributed by atoms with van der Waals surface area (Å²) in [6, 6.07) is 5.81. The van der Waals surface area contributed by atoms with Gasteiger partial charge in [0.05, 0.1) is 6.10 Å². The quantitative estimate of drug-likeness (QED) is 0.597. The van der Waals surface area contributed by atoms with Crippen LogP contribution in [0.25, 0.3) is 0 Å². The van der Waals surface area contributed by atoms with Gasteiger partial charge in [-0.15, -0.1) is 0 Å². The van der Waals surface area contributed by atoms with Crippen LogP contribution in [0.15, 0.2) is 18.2 Å². The van der Waals surface area contributed by atoms with Crippen molar-refractivity contribution in [3.63, 3.8) is 0 Å². The Kier molecular flexibility index (Phi) is 4.74. The van der Waals surface area contributed by atoms with Crippen LogP contribution in [-0.4, -0.2) is 40.5 Å². The number of fused-ring (bicyclic) bond motifs is 5. The fourth-order valence-electron chi connectivity index (χ4n) is 6.21. The van der Waals surface area contributed by atoms with Gasteiger partial charge in [-0.3, -0.25) is 9.59 Å². The molecule has 6 nitrogen and oxygen atoms in total. The lowest BCUT2D eigenvalue weighted by atomic mass is 9.55. The highest BCUT2D eigenvalue weighted by atomic mass is 16.6. The van der Waals surface area contributed by atoms with E-state index in [0.29, 0.717) is 5.75 Å². The van der Waals surface area contributed by atoms with Gasteiger partial charge in [0.1, 0.15) is 18.0 Å². The third-order valence-corrected chi connectivity index (χ3v) is 7.23. The number of ether oxygens (including phenoxy) is 2. The van der Waals surface area contributed by atoms with Crippen molar-refractivity contribution in [3.05, 3.63) is 29.3 Å². The second-order valence-electron chi connectivity index (χ2n) is 8.84. The number of aliphatic hydroxyl groups excluding tert-OH is 2. The Balaban J connectivity index is 1.65. The zero-order chi connectivity index (χ0) is 20.2. The van der Waals surface area contributed by atoms with E-state index in [9.17, 15) is 19.8 Å².